The molecule has 3 aliphatic rings. The van der Waals surface area contributed by atoms with Gasteiger partial charge in [-0.15, -0.1) is 0 Å². The first-order chi connectivity index (χ1) is 23.2. The normalized spacial score (nSPS) is 17.3. The van der Waals surface area contributed by atoms with Gasteiger partial charge in [-0.3, -0.25) is 9.69 Å². The largest absolute Gasteiger partial charge is 0.491 e. The molecule has 4 heterocycles. The second-order valence-corrected chi connectivity index (χ2v) is 12.0. The maximum atomic E-state index is 13.0. The van der Waals surface area contributed by atoms with Gasteiger partial charge in [0.05, 0.1) is 32.1 Å². The van der Waals surface area contributed by atoms with E-state index in [1.165, 1.54) is 18.2 Å². The number of aromatic nitrogens is 2. The summed E-state index contributed by atoms with van der Waals surface area (Å²) in [4.78, 5) is 41.9. The van der Waals surface area contributed by atoms with Crippen molar-refractivity contribution in [2.24, 2.45) is 0 Å². The van der Waals surface area contributed by atoms with Crippen LogP contribution in [-0.4, -0.2) is 110 Å². The van der Waals surface area contributed by atoms with Gasteiger partial charge in [0.2, 0.25) is 5.91 Å². The maximum absolute atomic E-state index is 13.0. The van der Waals surface area contributed by atoms with Crippen molar-refractivity contribution in [1.29, 1.82) is 0 Å². The molecule has 0 spiro atoms. The Kier molecular flexibility index (Phi) is 10.3. The fourth-order valence-electron chi connectivity index (χ4n) is 6.36. The molecule has 0 N–H and O–H groups in total. The van der Waals surface area contributed by atoms with Crippen molar-refractivity contribution in [2.45, 2.75) is 32.0 Å². The summed E-state index contributed by atoms with van der Waals surface area (Å²) in [7, 11) is 0. The number of carbonyl (C=O) groups is 2. The van der Waals surface area contributed by atoms with Gasteiger partial charge in [0, 0.05) is 68.5 Å². The monoisotopic (exact) mass is 668 g/mol. The second-order valence-electron chi connectivity index (χ2n) is 12.0. The summed E-state index contributed by atoms with van der Waals surface area (Å²) in [5, 5.41) is 1.45. The van der Waals surface area contributed by atoms with Crippen LogP contribution in [0.2, 0.25) is 0 Å². The number of alkyl halides is 3. The fourth-order valence-corrected chi connectivity index (χ4v) is 6.36. The molecule has 3 aliphatic heterocycles. The van der Waals surface area contributed by atoms with E-state index in [-0.39, 0.29) is 17.7 Å². The molecule has 0 radical (unpaired) electrons. The number of amides is 1. The quantitative estimate of drug-likeness (QED) is 0.137. The van der Waals surface area contributed by atoms with E-state index in [9.17, 15) is 22.8 Å². The average Bonchev–Trinajstić information content (AvgIpc) is 3.10. The Morgan fingerprint density at radius 1 is 0.958 bits per heavy atom. The molecule has 0 saturated carbocycles. The average molecular weight is 669 g/mol. The summed E-state index contributed by atoms with van der Waals surface area (Å²) < 4.78 is 55.5. The number of fused-ring (bicyclic) bond motifs is 2. The first-order valence-corrected chi connectivity index (χ1v) is 16.3. The fraction of sp³-hybridized carbons (Fsp3) is 0.471. The highest BCUT2D eigenvalue weighted by atomic mass is 19.4. The number of rotatable bonds is 10. The van der Waals surface area contributed by atoms with Gasteiger partial charge in [0.1, 0.15) is 11.6 Å². The number of carbonyl (C=O) groups excluding carboxylic acids is 2. The van der Waals surface area contributed by atoms with Crippen LogP contribution < -0.4 is 19.3 Å². The molecule has 0 aliphatic carbocycles. The van der Waals surface area contributed by atoms with Crippen LogP contribution in [0.1, 0.15) is 24.1 Å². The number of esters is 1. The Hall–Kier alpha value is -4.43. The van der Waals surface area contributed by atoms with Gasteiger partial charge in [-0.2, -0.15) is 23.1 Å². The van der Waals surface area contributed by atoms with Crippen LogP contribution in [-0.2, 0) is 27.3 Å². The lowest BCUT2D eigenvalue weighted by atomic mass is 10.0. The zero-order chi connectivity index (χ0) is 33.7. The molecule has 2 aromatic carbocycles. The van der Waals surface area contributed by atoms with E-state index in [0.29, 0.717) is 63.4 Å². The molecule has 1 amide bonds. The lowest BCUT2D eigenvalue weighted by molar-refractivity contribution is -0.189. The maximum Gasteiger partial charge on any atom is 0.491 e. The zero-order valence-electron chi connectivity index (χ0n) is 26.7. The number of hydrogen-bond acceptors (Lipinski definition) is 10. The summed E-state index contributed by atoms with van der Waals surface area (Å²) in [5.41, 5.74) is 2.35. The van der Waals surface area contributed by atoms with Gasteiger partial charge in [-0.1, -0.05) is 30.8 Å². The van der Waals surface area contributed by atoms with Gasteiger partial charge >= 0.3 is 18.2 Å². The molecule has 2 fully saturated rings. The van der Waals surface area contributed by atoms with Crippen LogP contribution >= 0.6 is 0 Å². The molecule has 0 atom stereocenters. The molecule has 1 aromatic heterocycles. The van der Waals surface area contributed by atoms with E-state index >= 15 is 0 Å². The standard InChI is InChI=1S/C34H39F3N6O5/c1-2-30(44)41-12-14-42(15-13-41)31-27-9-11-43(23-28(27)38-33(39-31)47-18-6-5-10-40-16-19-46-20-17-40)29-22-25(48-32(45)34(35,36)37)21-24-7-3-4-8-26(24)29/h2-4,7-8,21-22H,1,5-6,9-20,23H2. The lowest BCUT2D eigenvalue weighted by Gasteiger charge is -2.38. The highest BCUT2D eigenvalue weighted by molar-refractivity contribution is 5.96. The molecule has 0 bridgehead atoms. The van der Waals surface area contributed by atoms with E-state index in [1.807, 2.05) is 17.0 Å². The smallest absolute Gasteiger partial charge is 0.463 e. The number of hydrogen-bond donors (Lipinski definition) is 0. The molecule has 14 heteroatoms. The second kappa shape index (κ2) is 14.8. The Morgan fingerprint density at radius 3 is 2.48 bits per heavy atom. The number of nitrogens with zero attached hydrogens (tertiary/aromatic N) is 6. The third-order valence-electron chi connectivity index (χ3n) is 8.89. The van der Waals surface area contributed by atoms with Crippen LogP contribution in [0.15, 0.2) is 49.1 Å². The molecule has 256 valence electrons. The van der Waals surface area contributed by atoms with Crippen LogP contribution in [0, 0.1) is 0 Å². The van der Waals surface area contributed by atoms with E-state index in [1.54, 1.807) is 17.0 Å². The van der Waals surface area contributed by atoms with Gasteiger partial charge in [-0.25, -0.2) is 4.79 Å². The number of halogens is 3. The SMILES string of the molecule is C=CC(=O)N1CCN(c2nc(OCCCCN3CCOCC3)nc3c2CCN(c2cc(OC(=O)C(F)(F)F)cc4ccccc24)C3)CC1. The third-order valence-corrected chi connectivity index (χ3v) is 8.89. The lowest BCUT2D eigenvalue weighted by Crippen LogP contribution is -2.49. The van der Waals surface area contributed by atoms with Crippen LogP contribution in [0.4, 0.5) is 24.7 Å². The predicted molar refractivity (Wildman–Crippen MR) is 173 cm³/mol. The molecule has 6 rings (SSSR count). The predicted octanol–water partition coefficient (Wildman–Crippen LogP) is 3.99. The number of piperazine rings is 1. The molecule has 0 unspecified atom stereocenters. The number of ether oxygens (including phenoxy) is 3. The Labute approximate surface area is 276 Å². The molecular weight excluding hydrogens is 629 g/mol. The van der Waals surface area contributed by atoms with Crippen molar-refractivity contribution in [3.8, 4) is 11.8 Å². The summed E-state index contributed by atoms with van der Waals surface area (Å²) in [6, 6.07) is 10.5. The molecule has 11 nitrogen and oxygen atoms in total. The van der Waals surface area contributed by atoms with E-state index in [2.05, 4.69) is 16.4 Å². The van der Waals surface area contributed by atoms with Crippen molar-refractivity contribution in [2.75, 3.05) is 82.0 Å². The van der Waals surface area contributed by atoms with Crippen LogP contribution in [0.3, 0.4) is 0 Å². The van der Waals surface area contributed by atoms with Crippen molar-refractivity contribution in [3.63, 3.8) is 0 Å². The van der Waals surface area contributed by atoms with Gasteiger partial charge < -0.3 is 28.9 Å². The highest BCUT2D eigenvalue weighted by Crippen LogP contribution is 2.37. The van der Waals surface area contributed by atoms with Crippen molar-refractivity contribution in [1.82, 2.24) is 19.8 Å². The third kappa shape index (κ3) is 7.81. The summed E-state index contributed by atoms with van der Waals surface area (Å²) in [6.45, 7) is 11.5. The first kappa shape index (κ1) is 33.5. The molecule has 3 aromatic rings. The van der Waals surface area contributed by atoms with Crippen LogP contribution in [0.25, 0.3) is 10.8 Å². The minimum atomic E-state index is -5.12. The Balaban J connectivity index is 1.24. The number of benzene rings is 2. The van der Waals surface area contributed by atoms with Gasteiger partial charge in [-0.05, 0) is 43.3 Å². The van der Waals surface area contributed by atoms with Gasteiger partial charge in [0.25, 0.3) is 0 Å². The minimum absolute atomic E-state index is 0.105. The summed E-state index contributed by atoms with van der Waals surface area (Å²) in [5.74, 6) is -1.79. The molecule has 2 saturated heterocycles. The van der Waals surface area contributed by atoms with Crippen molar-refractivity contribution in [3.05, 3.63) is 60.3 Å². The van der Waals surface area contributed by atoms with Crippen molar-refractivity contribution >= 4 is 34.2 Å². The Bertz CT molecular complexity index is 1640. The Morgan fingerprint density at radius 2 is 1.73 bits per heavy atom. The molecular formula is C34H39F3N6O5. The minimum Gasteiger partial charge on any atom is -0.463 e. The van der Waals surface area contributed by atoms with E-state index in [0.717, 1.165) is 68.2 Å². The first-order valence-electron chi connectivity index (χ1n) is 16.3. The summed E-state index contributed by atoms with van der Waals surface area (Å²) >= 11 is 0. The highest BCUT2D eigenvalue weighted by Gasteiger charge is 2.41. The number of unbranched alkanes of at least 4 members (excludes halogenated alkanes) is 1. The van der Waals surface area contributed by atoms with Gasteiger partial charge in [0.15, 0.2) is 0 Å². The van der Waals surface area contributed by atoms with Crippen molar-refractivity contribution < 1.29 is 37.0 Å². The van der Waals surface area contributed by atoms with E-state index in [4.69, 9.17) is 24.2 Å². The molecule has 48 heavy (non-hydrogen) atoms. The summed E-state index contributed by atoms with van der Waals surface area (Å²) in [6.07, 6.45) is -1.43. The van der Waals surface area contributed by atoms with Crippen LogP contribution in [0.5, 0.6) is 11.8 Å². The topological polar surface area (TPSA) is 101 Å². The van der Waals surface area contributed by atoms with E-state index < -0.39 is 12.1 Å². The zero-order valence-corrected chi connectivity index (χ0v) is 26.7. The number of morpholine rings is 1. The number of anilines is 2.